The van der Waals surface area contributed by atoms with Gasteiger partial charge in [0.2, 0.25) is 0 Å². The minimum absolute atomic E-state index is 0.0313. The summed E-state index contributed by atoms with van der Waals surface area (Å²) < 4.78 is 5.60. The lowest BCUT2D eigenvalue weighted by molar-refractivity contribution is -0.0126. The van der Waals surface area contributed by atoms with E-state index in [0.717, 1.165) is 11.1 Å². The van der Waals surface area contributed by atoms with Gasteiger partial charge in [-0.15, -0.1) is 0 Å². The van der Waals surface area contributed by atoms with Gasteiger partial charge in [0, 0.05) is 13.1 Å². The predicted octanol–water partition coefficient (Wildman–Crippen LogP) is 4.19. The van der Waals surface area contributed by atoms with E-state index in [0.29, 0.717) is 31.7 Å². The largest absolute Gasteiger partial charge is 0.443 e. The molecule has 0 aliphatic carbocycles. The molecular weight excluding hydrogens is 414 g/mol. The molecule has 0 bridgehead atoms. The van der Waals surface area contributed by atoms with Gasteiger partial charge in [0.05, 0.1) is 0 Å². The molecule has 33 heavy (non-hydrogen) atoms. The molecule has 1 aliphatic heterocycles. The minimum atomic E-state index is -1.13. The van der Waals surface area contributed by atoms with E-state index in [1.54, 1.807) is 30.9 Å². The summed E-state index contributed by atoms with van der Waals surface area (Å²) in [5, 5.41) is 21.7. The monoisotopic (exact) mass is 443 g/mol. The van der Waals surface area contributed by atoms with Crippen molar-refractivity contribution in [1.82, 2.24) is 4.90 Å². The highest BCUT2D eigenvalue weighted by molar-refractivity contribution is 5.91. The summed E-state index contributed by atoms with van der Waals surface area (Å²) in [7, 11) is 0. The Morgan fingerprint density at radius 1 is 0.909 bits per heavy atom. The molecule has 1 fully saturated rings. The SMILES string of the molecule is CC(C)(O)C#Cc1ccc(C(=O)N2CCC(C(O)(c3ccccc3)c3ccccc3)CC2)o1. The first-order chi connectivity index (χ1) is 15.8. The first-order valence-corrected chi connectivity index (χ1v) is 11.3. The summed E-state index contributed by atoms with van der Waals surface area (Å²) in [6.07, 6.45) is 1.33. The number of carbonyl (C=O) groups excluding carboxylic acids is 1. The van der Waals surface area contributed by atoms with E-state index in [2.05, 4.69) is 11.8 Å². The first-order valence-electron chi connectivity index (χ1n) is 11.3. The quantitative estimate of drug-likeness (QED) is 0.593. The number of hydrogen-bond acceptors (Lipinski definition) is 4. The van der Waals surface area contributed by atoms with Crippen molar-refractivity contribution in [2.75, 3.05) is 13.1 Å². The van der Waals surface area contributed by atoms with Crippen LogP contribution >= 0.6 is 0 Å². The summed E-state index contributed by atoms with van der Waals surface area (Å²) in [6.45, 7) is 4.23. The Morgan fingerprint density at radius 2 is 1.45 bits per heavy atom. The number of piperidine rings is 1. The van der Waals surface area contributed by atoms with E-state index in [9.17, 15) is 15.0 Å². The van der Waals surface area contributed by atoms with E-state index in [1.165, 1.54) is 0 Å². The zero-order chi connectivity index (χ0) is 23.5. The van der Waals surface area contributed by atoms with Crippen LogP contribution in [0.25, 0.3) is 0 Å². The summed E-state index contributed by atoms with van der Waals surface area (Å²) in [4.78, 5) is 14.7. The average Bonchev–Trinajstić information content (AvgIpc) is 3.32. The van der Waals surface area contributed by atoms with E-state index in [1.807, 2.05) is 60.7 Å². The second-order valence-corrected chi connectivity index (χ2v) is 9.04. The molecule has 170 valence electrons. The Hall–Kier alpha value is -3.33. The molecule has 3 aromatic rings. The molecule has 2 N–H and O–H groups in total. The zero-order valence-corrected chi connectivity index (χ0v) is 19.0. The van der Waals surface area contributed by atoms with Crippen molar-refractivity contribution < 1.29 is 19.4 Å². The number of hydrogen-bond donors (Lipinski definition) is 2. The molecule has 0 atom stereocenters. The van der Waals surface area contributed by atoms with Crippen molar-refractivity contribution in [2.24, 2.45) is 5.92 Å². The van der Waals surface area contributed by atoms with E-state index < -0.39 is 11.2 Å². The fourth-order valence-corrected chi connectivity index (χ4v) is 4.41. The summed E-state index contributed by atoms with van der Waals surface area (Å²) in [6, 6.07) is 22.8. The highest BCUT2D eigenvalue weighted by Crippen LogP contribution is 2.42. The molecule has 0 radical (unpaired) electrons. The normalized spacial score (nSPS) is 15.1. The molecular formula is C28H29NO4. The number of rotatable bonds is 4. The van der Waals surface area contributed by atoms with Crippen molar-refractivity contribution >= 4 is 5.91 Å². The summed E-state index contributed by atoms with van der Waals surface area (Å²) >= 11 is 0. The lowest BCUT2D eigenvalue weighted by Gasteiger charge is -2.42. The topological polar surface area (TPSA) is 73.9 Å². The molecule has 5 heteroatoms. The van der Waals surface area contributed by atoms with Crippen molar-refractivity contribution in [3.63, 3.8) is 0 Å². The Bertz CT molecular complexity index is 1100. The Kier molecular flexibility index (Phi) is 6.42. The van der Waals surface area contributed by atoms with E-state index in [-0.39, 0.29) is 17.6 Å². The van der Waals surface area contributed by atoms with E-state index in [4.69, 9.17) is 4.42 Å². The molecule has 0 unspecified atom stereocenters. The standard InChI is InChI=1S/C28H29NO4/c1-27(2,31)18-15-24-13-14-25(33-24)26(30)29-19-16-23(17-20-29)28(32,21-9-5-3-6-10-21)22-11-7-4-8-12-22/h3-14,23,31-32H,16-17,19-20H2,1-2H3. The molecule has 0 saturated carbocycles. The van der Waals surface area contributed by atoms with Gasteiger partial charge in [0.1, 0.15) is 11.2 Å². The maximum atomic E-state index is 13.0. The lowest BCUT2D eigenvalue weighted by Crippen LogP contribution is -2.46. The molecule has 1 saturated heterocycles. The van der Waals surface area contributed by atoms with Crippen molar-refractivity contribution in [3.8, 4) is 11.8 Å². The van der Waals surface area contributed by atoms with Crippen LogP contribution in [-0.4, -0.2) is 39.7 Å². The predicted molar refractivity (Wildman–Crippen MR) is 126 cm³/mol. The van der Waals surface area contributed by atoms with Gasteiger partial charge in [-0.05, 0) is 61.8 Å². The number of aliphatic hydroxyl groups is 2. The average molecular weight is 444 g/mol. The van der Waals surface area contributed by atoms with E-state index >= 15 is 0 Å². The number of amides is 1. The second kappa shape index (κ2) is 9.27. The van der Waals surface area contributed by atoms with Crippen molar-refractivity contribution in [2.45, 2.75) is 37.9 Å². The number of likely N-dealkylation sites (tertiary alicyclic amines) is 1. The van der Waals surface area contributed by atoms with Gasteiger partial charge in [-0.1, -0.05) is 66.6 Å². The molecule has 1 aliphatic rings. The third-order valence-corrected chi connectivity index (χ3v) is 6.11. The van der Waals surface area contributed by atoms with Crippen LogP contribution in [0, 0.1) is 17.8 Å². The highest BCUT2D eigenvalue weighted by Gasteiger charge is 2.42. The molecule has 1 aromatic heterocycles. The smallest absolute Gasteiger partial charge is 0.289 e. The maximum absolute atomic E-state index is 13.0. The Labute approximate surface area is 194 Å². The molecule has 2 heterocycles. The third-order valence-electron chi connectivity index (χ3n) is 6.11. The van der Waals surface area contributed by atoms with Crippen LogP contribution in [0.3, 0.4) is 0 Å². The molecule has 5 nitrogen and oxygen atoms in total. The van der Waals surface area contributed by atoms with Gasteiger partial charge in [-0.3, -0.25) is 4.79 Å². The number of furan rings is 1. The van der Waals surface area contributed by atoms with Crippen LogP contribution in [0.1, 0.15) is 54.1 Å². The fraction of sp³-hybridized carbons (Fsp3) is 0.321. The van der Waals surface area contributed by atoms with Crippen molar-refractivity contribution in [1.29, 1.82) is 0 Å². The van der Waals surface area contributed by atoms with Crippen LogP contribution < -0.4 is 0 Å². The van der Waals surface area contributed by atoms with Gasteiger partial charge in [0.15, 0.2) is 11.5 Å². The van der Waals surface area contributed by atoms with Gasteiger partial charge in [-0.2, -0.15) is 0 Å². The summed E-state index contributed by atoms with van der Waals surface area (Å²) in [5.74, 6) is 5.80. The maximum Gasteiger partial charge on any atom is 0.289 e. The second-order valence-electron chi connectivity index (χ2n) is 9.04. The molecule has 2 aromatic carbocycles. The van der Waals surface area contributed by atoms with Crippen LogP contribution in [0.2, 0.25) is 0 Å². The Balaban J connectivity index is 1.50. The van der Waals surface area contributed by atoms with Crippen LogP contribution in [-0.2, 0) is 5.60 Å². The minimum Gasteiger partial charge on any atom is -0.443 e. The fourth-order valence-electron chi connectivity index (χ4n) is 4.41. The van der Waals surface area contributed by atoms with Crippen LogP contribution in [0.5, 0.6) is 0 Å². The van der Waals surface area contributed by atoms with Gasteiger partial charge >= 0.3 is 0 Å². The van der Waals surface area contributed by atoms with Crippen molar-refractivity contribution in [3.05, 3.63) is 95.4 Å². The molecule has 1 amide bonds. The highest BCUT2D eigenvalue weighted by atomic mass is 16.4. The zero-order valence-electron chi connectivity index (χ0n) is 19.0. The summed E-state index contributed by atoms with van der Waals surface area (Å²) in [5.41, 5.74) is -0.529. The molecule has 0 spiro atoms. The third kappa shape index (κ3) is 5.03. The van der Waals surface area contributed by atoms with Gasteiger partial charge in [0.25, 0.3) is 5.91 Å². The van der Waals surface area contributed by atoms with Gasteiger partial charge in [-0.25, -0.2) is 0 Å². The van der Waals surface area contributed by atoms with Gasteiger partial charge < -0.3 is 19.5 Å². The Morgan fingerprint density at radius 3 is 1.97 bits per heavy atom. The number of carbonyl (C=O) groups is 1. The van der Waals surface area contributed by atoms with Crippen LogP contribution in [0.15, 0.2) is 77.2 Å². The lowest BCUT2D eigenvalue weighted by atomic mass is 9.72. The van der Waals surface area contributed by atoms with Crippen LogP contribution in [0.4, 0.5) is 0 Å². The number of nitrogens with zero attached hydrogens (tertiary/aromatic N) is 1. The number of benzene rings is 2. The molecule has 4 rings (SSSR count). The first kappa shape index (κ1) is 22.8.